The van der Waals surface area contributed by atoms with E-state index in [2.05, 4.69) is 16.1 Å². The predicted molar refractivity (Wildman–Crippen MR) is 117 cm³/mol. The fourth-order valence-corrected chi connectivity index (χ4v) is 4.56. The number of esters is 1. The fourth-order valence-electron chi connectivity index (χ4n) is 4.56. The van der Waals surface area contributed by atoms with Gasteiger partial charge in [-0.3, -0.25) is 4.90 Å². The lowest BCUT2D eigenvalue weighted by Crippen LogP contribution is -2.38. The minimum Gasteiger partial charge on any atom is -0.457 e. The van der Waals surface area contributed by atoms with Crippen LogP contribution in [0.5, 0.6) is 0 Å². The highest BCUT2D eigenvalue weighted by molar-refractivity contribution is 5.93. The summed E-state index contributed by atoms with van der Waals surface area (Å²) in [6.45, 7) is 7.43. The van der Waals surface area contributed by atoms with Crippen LogP contribution in [0.4, 0.5) is 0 Å². The number of hydrogen-bond donors (Lipinski definition) is 0. The van der Waals surface area contributed by atoms with Crippen molar-refractivity contribution < 1.29 is 14.3 Å². The molecule has 7 nitrogen and oxygen atoms in total. The van der Waals surface area contributed by atoms with Gasteiger partial charge in [-0.1, -0.05) is 6.07 Å². The second-order valence-electron chi connectivity index (χ2n) is 8.38. The Bertz CT molecular complexity index is 1240. The summed E-state index contributed by atoms with van der Waals surface area (Å²) in [5.41, 5.74) is 7.62. The van der Waals surface area contributed by atoms with Crippen molar-refractivity contribution in [3.8, 4) is 11.8 Å². The van der Waals surface area contributed by atoms with Gasteiger partial charge in [0.05, 0.1) is 41.8 Å². The van der Waals surface area contributed by atoms with E-state index in [9.17, 15) is 4.79 Å². The number of nitriles is 1. The summed E-state index contributed by atoms with van der Waals surface area (Å²) in [6.07, 6.45) is 3.90. The number of nitrogens with zero attached hydrogens (tertiary/aromatic N) is 4. The molecule has 0 bridgehead atoms. The number of rotatable bonds is 4. The number of aryl methyl sites for hydroxylation is 1. The van der Waals surface area contributed by atoms with Crippen LogP contribution in [0.2, 0.25) is 0 Å². The fraction of sp³-hybridized carbons (Fsp3) is 0.320. The molecule has 0 unspecified atom stereocenters. The van der Waals surface area contributed by atoms with E-state index in [1.54, 1.807) is 0 Å². The highest BCUT2D eigenvalue weighted by atomic mass is 16.5. The van der Waals surface area contributed by atoms with Gasteiger partial charge in [0.1, 0.15) is 6.61 Å². The molecule has 2 aromatic carbocycles. The van der Waals surface area contributed by atoms with Gasteiger partial charge >= 0.3 is 5.97 Å². The average molecular weight is 428 g/mol. The zero-order valence-electron chi connectivity index (χ0n) is 18.2. The predicted octanol–water partition coefficient (Wildman–Crippen LogP) is 3.60. The first-order valence-electron chi connectivity index (χ1n) is 10.7. The molecule has 32 heavy (non-hydrogen) atoms. The maximum absolute atomic E-state index is 11.8. The Balaban J connectivity index is 1.31. The molecule has 0 aliphatic carbocycles. The van der Waals surface area contributed by atoms with Crippen LogP contribution in [0.25, 0.3) is 5.69 Å². The minimum atomic E-state index is -0.240. The molecule has 3 aromatic rings. The molecular formula is C25H24N4O3. The third-order valence-corrected chi connectivity index (χ3v) is 6.32. The van der Waals surface area contributed by atoms with Gasteiger partial charge < -0.3 is 9.47 Å². The first kappa shape index (κ1) is 20.4. The van der Waals surface area contributed by atoms with Crippen LogP contribution in [0.1, 0.15) is 49.8 Å². The van der Waals surface area contributed by atoms with Crippen LogP contribution in [0.15, 0.2) is 42.7 Å². The van der Waals surface area contributed by atoms with Gasteiger partial charge in [0, 0.05) is 37.0 Å². The van der Waals surface area contributed by atoms with Crippen LogP contribution in [0.3, 0.4) is 0 Å². The highest BCUT2D eigenvalue weighted by Crippen LogP contribution is 2.32. The summed E-state index contributed by atoms with van der Waals surface area (Å²) in [5, 5.41) is 13.6. The Morgan fingerprint density at radius 1 is 1.25 bits per heavy atom. The van der Waals surface area contributed by atoms with Crippen molar-refractivity contribution in [2.75, 3.05) is 19.7 Å². The Hall–Kier alpha value is -3.47. The highest BCUT2D eigenvalue weighted by Gasteiger charge is 2.29. The number of morpholine rings is 1. The van der Waals surface area contributed by atoms with E-state index in [0.29, 0.717) is 24.3 Å². The summed E-state index contributed by atoms with van der Waals surface area (Å²) in [4.78, 5) is 14.2. The molecule has 1 saturated heterocycles. The molecule has 0 radical (unpaired) electrons. The number of carbonyl (C=O) groups is 1. The molecule has 2 aliphatic rings. The zero-order valence-corrected chi connectivity index (χ0v) is 18.2. The molecule has 1 fully saturated rings. The van der Waals surface area contributed by atoms with Crippen molar-refractivity contribution in [3.63, 3.8) is 0 Å². The van der Waals surface area contributed by atoms with Gasteiger partial charge in [-0.15, -0.1) is 0 Å². The molecule has 5 rings (SSSR count). The third kappa shape index (κ3) is 3.68. The third-order valence-electron chi connectivity index (χ3n) is 6.32. The van der Waals surface area contributed by atoms with E-state index in [0.717, 1.165) is 53.1 Å². The lowest BCUT2D eigenvalue weighted by molar-refractivity contribution is -0.0332. The second-order valence-corrected chi connectivity index (χ2v) is 8.38. The summed E-state index contributed by atoms with van der Waals surface area (Å²) in [7, 11) is 0. The maximum atomic E-state index is 11.8. The van der Waals surface area contributed by atoms with E-state index in [1.807, 2.05) is 61.3 Å². The van der Waals surface area contributed by atoms with Crippen molar-refractivity contribution in [2.45, 2.75) is 33.1 Å². The smallest absolute Gasteiger partial charge is 0.338 e. The number of carbonyl (C=O) groups excluding carboxylic acids is 1. The summed E-state index contributed by atoms with van der Waals surface area (Å²) >= 11 is 0. The number of hydrogen-bond acceptors (Lipinski definition) is 6. The van der Waals surface area contributed by atoms with Crippen LogP contribution < -0.4 is 0 Å². The molecule has 7 heteroatoms. The first-order chi connectivity index (χ1) is 15.5. The Morgan fingerprint density at radius 2 is 2.12 bits per heavy atom. The quantitative estimate of drug-likeness (QED) is 0.591. The van der Waals surface area contributed by atoms with Crippen LogP contribution in [0, 0.1) is 25.2 Å². The Morgan fingerprint density at radius 3 is 2.94 bits per heavy atom. The van der Waals surface area contributed by atoms with Crippen molar-refractivity contribution in [1.82, 2.24) is 14.7 Å². The topological polar surface area (TPSA) is 80.4 Å². The minimum absolute atomic E-state index is 0.0411. The molecular weight excluding hydrogens is 404 g/mol. The van der Waals surface area contributed by atoms with Crippen molar-refractivity contribution >= 4 is 5.97 Å². The summed E-state index contributed by atoms with van der Waals surface area (Å²) < 4.78 is 13.2. The van der Waals surface area contributed by atoms with E-state index >= 15 is 0 Å². The van der Waals surface area contributed by atoms with Gasteiger partial charge in [-0.05, 0) is 54.8 Å². The monoisotopic (exact) mass is 428 g/mol. The van der Waals surface area contributed by atoms with Gasteiger partial charge in [0.2, 0.25) is 0 Å². The molecule has 1 atom stereocenters. The van der Waals surface area contributed by atoms with Gasteiger partial charge in [0.15, 0.2) is 0 Å². The molecule has 2 aliphatic heterocycles. The van der Waals surface area contributed by atoms with E-state index in [-0.39, 0.29) is 12.1 Å². The number of cyclic esters (lactones) is 1. The van der Waals surface area contributed by atoms with Crippen LogP contribution >= 0.6 is 0 Å². The Labute approximate surface area is 186 Å². The van der Waals surface area contributed by atoms with Gasteiger partial charge in [0.25, 0.3) is 0 Å². The average Bonchev–Trinajstić information content (AvgIpc) is 3.41. The standard InChI is InChI=1S/C25H24N4O3/c1-16-9-18(10-26)3-6-23(16)29-13-19(11-27-29)12-28-7-8-31-24(14-28)20-4-5-21-22(17(20)2)15-32-25(21)30/h3-6,9,11,13,24H,7-8,12,14-15H2,1-2H3/t24-/m0/s1. The number of benzene rings is 2. The number of aromatic nitrogens is 2. The molecule has 0 amide bonds. The molecule has 0 saturated carbocycles. The molecule has 0 spiro atoms. The Kier molecular flexibility index (Phi) is 5.25. The normalized spacial score (nSPS) is 18.3. The molecule has 0 N–H and O–H groups in total. The van der Waals surface area contributed by atoms with Crippen molar-refractivity contribution in [2.24, 2.45) is 0 Å². The van der Waals surface area contributed by atoms with Crippen molar-refractivity contribution in [1.29, 1.82) is 5.26 Å². The van der Waals surface area contributed by atoms with E-state index in [4.69, 9.17) is 14.7 Å². The largest absolute Gasteiger partial charge is 0.457 e. The molecule has 1 aromatic heterocycles. The van der Waals surface area contributed by atoms with Crippen LogP contribution in [-0.4, -0.2) is 40.3 Å². The summed E-state index contributed by atoms with van der Waals surface area (Å²) in [5.74, 6) is -0.240. The van der Waals surface area contributed by atoms with Crippen molar-refractivity contribution in [3.05, 3.63) is 81.7 Å². The summed E-state index contributed by atoms with van der Waals surface area (Å²) in [6, 6.07) is 11.7. The van der Waals surface area contributed by atoms with E-state index < -0.39 is 0 Å². The number of ether oxygens (including phenoxy) is 2. The molecule has 3 heterocycles. The number of fused-ring (bicyclic) bond motifs is 1. The van der Waals surface area contributed by atoms with Gasteiger partial charge in [-0.25, -0.2) is 9.48 Å². The van der Waals surface area contributed by atoms with E-state index in [1.165, 1.54) is 0 Å². The first-order valence-corrected chi connectivity index (χ1v) is 10.7. The lowest BCUT2D eigenvalue weighted by atomic mass is 9.94. The van der Waals surface area contributed by atoms with Gasteiger partial charge in [-0.2, -0.15) is 10.4 Å². The SMILES string of the molecule is Cc1cc(C#N)ccc1-n1cc(CN2CCO[C@H](c3ccc4c(c3C)COC4=O)C2)cn1. The zero-order chi connectivity index (χ0) is 22.2. The molecule has 162 valence electrons. The maximum Gasteiger partial charge on any atom is 0.338 e. The van der Waals surface area contributed by atoms with Crippen LogP contribution in [-0.2, 0) is 22.6 Å². The second kappa shape index (κ2) is 8.23. The lowest BCUT2D eigenvalue weighted by Gasteiger charge is -2.33.